The Balaban J connectivity index is 2.05. The van der Waals surface area contributed by atoms with Crippen LogP contribution in [0.4, 0.5) is 0 Å². The molecule has 0 spiro atoms. The molecule has 0 amide bonds. The molecule has 0 saturated carbocycles. The predicted molar refractivity (Wildman–Crippen MR) is 91.5 cm³/mol. The van der Waals surface area contributed by atoms with Crippen LogP contribution in [0.3, 0.4) is 0 Å². The third kappa shape index (κ3) is 1.84. The molecule has 0 N–H and O–H groups in total. The van der Waals surface area contributed by atoms with Gasteiger partial charge >= 0.3 is 0 Å². The van der Waals surface area contributed by atoms with Gasteiger partial charge < -0.3 is 0 Å². The molecule has 1 aliphatic carbocycles. The Morgan fingerprint density at radius 3 is 2.13 bits per heavy atom. The highest BCUT2D eigenvalue weighted by Crippen LogP contribution is 2.32. The van der Waals surface area contributed by atoms with Crippen molar-refractivity contribution < 1.29 is 0 Å². The number of pyridine rings is 2. The van der Waals surface area contributed by atoms with E-state index in [0.717, 1.165) is 62.8 Å². The minimum Gasteiger partial charge on any atom is -0.254 e. The number of hydrogen-bond acceptors (Lipinski definition) is 4. The van der Waals surface area contributed by atoms with E-state index in [-0.39, 0.29) is 0 Å². The number of fused-ring (bicyclic) bond motifs is 7. The molecule has 4 nitrogen and oxygen atoms in total. The van der Waals surface area contributed by atoms with Gasteiger partial charge in [-0.1, -0.05) is 0 Å². The smallest absolute Gasteiger partial charge is 0.0992 e. The van der Waals surface area contributed by atoms with Crippen molar-refractivity contribution in [3.8, 4) is 0 Å². The quantitative estimate of drug-likeness (QED) is 0.462. The van der Waals surface area contributed by atoms with E-state index in [2.05, 4.69) is 17.1 Å². The van der Waals surface area contributed by atoms with Crippen molar-refractivity contribution in [3.05, 3.63) is 47.5 Å². The average molecular weight is 300 g/mol. The zero-order chi connectivity index (χ0) is 15.4. The lowest BCUT2D eigenvalue weighted by molar-refractivity contribution is 0.655. The first-order valence-electron chi connectivity index (χ1n) is 8.15. The fourth-order valence-corrected chi connectivity index (χ4v) is 3.58. The molecular weight excluding hydrogens is 284 g/mol. The molecule has 0 bridgehead atoms. The highest BCUT2D eigenvalue weighted by Gasteiger charge is 2.18. The number of rotatable bonds is 0. The SMILES string of the molecule is Cc1ccc2c(n1)c1ncccc1c1nc3c(nc21)CCCC3. The molecule has 4 aromatic rings. The molecule has 23 heavy (non-hydrogen) atoms. The lowest BCUT2D eigenvalue weighted by atomic mass is 9.99. The molecule has 4 heteroatoms. The van der Waals surface area contributed by atoms with Crippen molar-refractivity contribution in [1.29, 1.82) is 0 Å². The minimum absolute atomic E-state index is 0.920. The number of nitrogens with zero attached hydrogens (tertiary/aromatic N) is 4. The first kappa shape index (κ1) is 12.9. The average Bonchev–Trinajstić information content (AvgIpc) is 2.60. The third-order valence-electron chi connectivity index (χ3n) is 4.70. The summed E-state index contributed by atoms with van der Waals surface area (Å²) in [7, 11) is 0. The zero-order valence-electron chi connectivity index (χ0n) is 13.0. The Morgan fingerprint density at radius 1 is 0.739 bits per heavy atom. The van der Waals surface area contributed by atoms with Gasteiger partial charge in [0.25, 0.3) is 0 Å². The van der Waals surface area contributed by atoms with Gasteiger partial charge in [0, 0.05) is 22.7 Å². The van der Waals surface area contributed by atoms with Crippen LogP contribution in [0.1, 0.15) is 29.9 Å². The van der Waals surface area contributed by atoms with Gasteiger partial charge in [-0.15, -0.1) is 0 Å². The Labute approximate surface area is 133 Å². The summed E-state index contributed by atoms with van der Waals surface area (Å²) >= 11 is 0. The molecule has 1 aliphatic rings. The van der Waals surface area contributed by atoms with Gasteiger partial charge in [0.05, 0.1) is 33.5 Å². The van der Waals surface area contributed by atoms with Crippen LogP contribution < -0.4 is 0 Å². The second-order valence-corrected chi connectivity index (χ2v) is 6.27. The summed E-state index contributed by atoms with van der Waals surface area (Å²) in [6.45, 7) is 2.01. The summed E-state index contributed by atoms with van der Waals surface area (Å²) in [5, 5.41) is 2.10. The summed E-state index contributed by atoms with van der Waals surface area (Å²) in [4.78, 5) is 19.3. The van der Waals surface area contributed by atoms with E-state index in [1.165, 1.54) is 12.8 Å². The van der Waals surface area contributed by atoms with Crippen LogP contribution in [0.25, 0.3) is 32.8 Å². The first-order valence-corrected chi connectivity index (χ1v) is 8.15. The zero-order valence-corrected chi connectivity index (χ0v) is 13.0. The maximum atomic E-state index is 4.99. The molecule has 0 fully saturated rings. The minimum atomic E-state index is 0.920. The fraction of sp³-hybridized carbons (Fsp3) is 0.263. The number of aromatic nitrogens is 4. The Hall–Kier alpha value is -2.62. The molecule has 0 saturated heterocycles. The van der Waals surface area contributed by atoms with Gasteiger partial charge in [-0.2, -0.15) is 0 Å². The van der Waals surface area contributed by atoms with Gasteiger partial charge in [-0.05, 0) is 56.9 Å². The molecule has 5 rings (SSSR count). The van der Waals surface area contributed by atoms with Crippen molar-refractivity contribution in [3.63, 3.8) is 0 Å². The van der Waals surface area contributed by atoms with E-state index in [1.807, 2.05) is 25.3 Å². The van der Waals surface area contributed by atoms with Gasteiger partial charge in [0.1, 0.15) is 0 Å². The van der Waals surface area contributed by atoms with Crippen LogP contribution in [0, 0.1) is 6.92 Å². The molecule has 3 aromatic heterocycles. The summed E-state index contributed by atoms with van der Waals surface area (Å²) in [6, 6.07) is 8.19. The molecule has 0 atom stereocenters. The van der Waals surface area contributed by atoms with Crippen LogP contribution in [-0.2, 0) is 12.8 Å². The van der Waals surface area contributed by atoms with E-state index in [0.29, 0.717) is 0 Å². The maximum Gasteiger partial charge on any atom is 0.0992 e. The highest BCUT2D eigenvalue weighted by atomic mass is 14.9. The van der Waals surface area contributed by atoms with Crippen LogP contribution in [0.2, 0.25) is 0 Å². The summed E-state index contributed by atoms with van der Waals surface area (Å²) in [6.07, 6.45) is 6.30. The fourth-order valence-electron chi connectivity index (χ4n) is 3.58. The topological polar surface area (TPSA) is 51.6 Å². The van der Waals surface area contributed by atoms with Gasteiger partial charge in [0.15, 0.2) is 0 Å². The second-order valence-electron chi connectivity index (χ2n) is 6.27. The van der Waals surface area contributed by atoms with Crippen LogP contribution in [-0.4, -0.2) is 19.9 Å². The van der Waals surface area contributed by atoms with Crippen molar-refractivity contribution in [1.82, 2.24) is 19.9 Å². The molecule has 1 aromatic carbocycles. The molecule has 0 radical (unpaired) electrons. The van der Waals surface area contributed by atoms with Crippen LogP contribution >= 0.6 is 0 Å². The first-order chi connectivity index (χ1) is 11.3. The molecule has 112 valence electrons. The Kier molecular flexibility index (Phi) is 2.62. The Bertz CT molecular complexity index is 1090. The van der Waals surface area contributed by atoms with Gasteiger partial charge in [-0.3, -0.25) is 9.97 Å². The number of benzene rings is 1. The van der Waals surface area contributed by atoms with Crippen molar-refractivity contribution >= 4 is 32.8 Å². The van der Waals surface area contributed by atoms with E-state index < -0.39 is 0 Å². The molecular formula is C19H16N4. The van der Waals surface area contributed by atoms with Crippen molar-refractivity contribution in [2.24, 2.45) is 0 Å². The normalized spacial score (nSPS) is 14.5. The summed E-state index contributed by atoms with van der Waals surface area (Å²) in [5.41, 5.74) is 7.10. The van der Waals surface area contributed by atoms with E-state index in [4.69, 9.17) is 15.0 Å². The third-order valence-corrected chi connectivity index (χ3v) is 4.70. The van der Waals surface area contributed by atoms with E-state index in [1.54, 1.807) is 0 Å². The van der Waals surface area contributed by atoms with Crippen molar-refractivity contribution in [2.45, 2.75) is 32.6 Å². The van der Waals surface area contributed by atoms with E-state index >= 15 is 0 Å². The molecule has 3 heterocycles. The monoisotopic (exact) mass is 300 g/mol. The van der Waals surface area contributed by atoms with E-state index in [9.17, 15) is 0 Å². The summed E-state index contributed by atoms with van der Waals surface area (Å²) in [5.74, 6) is 0. The van der Waals surface area contributed by atoms with Crippen molar-refractivity contribution in [2.75, 3.05) is 0 Å². The van der Waals surface area contributed by atoms with Crippen LogP contribution in [0.15, 0.2) is 30.5 Å². The number of hydrogen-bond donors (Lipinski definition) is 0. The largest absolute Gasteiger partial charge is 0.254 e. The molecule has 0 unspecified atom stereocenters. The summed E-state index contributed by atoms with van der Waals surface area (Å²) < 4.78 is 0. The Morgan fingerprint density at radius 2 is 1.39 bits per heavy atom. The highest BCUT2D eigenvalue weighted by molar-refractivity contribution is 6.20. The standard InChI is InChI=1S/C19H16N4/c1-11-8-9-13-17(21-11)16-12(5-4-10-20-16)18-19(13)23-15-7-3-2-6-14(15)22-18/h4-5,8-10H,2-3,6-7H2,1H3. The van der Waals surface area contributed by atoms with Gasteiger partial charge in [0.2, 0.25) is 0 Å². The second kappa shape index (κ2) is 4.69. The maximum absolute atomic E-state index is 4.99. The molecule has 0 aliphatic heterocycles. The lowest BCUT2D eigenvalue weighted by Gasteiger charge is -2.16. The predicted octanol–water partition coefficient (Wildman–Crippen LogP) is 3.91. The van der Waals surface area contributed by atoms with Crippen LogP contribution in [0.5, 0.6) is 0 Å². The lowest BCUT2D eigenvalue weighted by Crippen LogP contribution is -2.08. The number of aryl methyl sites for hydroxylation is 3. The van der Waals surface area contributed by atoms with Gasteiger partial charge in [-0.25, -0.2) is 9.97 Å².